The third kappa shape index (κ3) is 3.35. The minimum absolute atomic E-state index is 0.00780. The van der Waals surface area contributed by atoms with E-state index in [1.807, 2.05) is 0 Å². The number of carbonyl (C=O) groups excluding carboxylic acids is 3. The van der Waals surface area contributed by atoms with Crippen LogP contribution in [0, 0.1) is 22.7 Å². The van der Waals surface area contributed by atoms with Gasteiger partial charge in [-0.05, 0) is 30.6 Å². The Hall–Kier alpha value is -1.95. The zero-order valence-electron chi connectivity index (χ0n) is 18.3. The number of ketones is 2. The molecule has 0 spiro atoms. The molecule has 1 fully saturated rings. The van der Waals surface area contributed by atoms with Crippen LogP contribution in [0.25, 0.3) is 0 Å². The molecule has 3 aliphatic rings. The molecule has 4 atom stereocenters. The Kier molecular flexibility index (Phi) is 5.54. The lowest BCUT2D eigenvalue weighted by atomic mass is 9.48. The van der Waals surface area contributed by atoms with E-state index >= 15 is 0 Å². The van der Waals surface area contributed by atoms with Crippen molar-refractivity contribution >= 4 is 17.5 Å². The molecule has 0 heterocycles. The Bertz CT molecular complexity index is 817. The maximum absolute atomic E-state index is 13.4. The van der Waals surface area contributed by atoms with Gasteiger partial charge in [0.15, 0.2) is 0 Å². The van der Waals surface area contributed by atoms with Gasteiger partial charge in [0.25, 0.3) is 0 Å². The summed E-state index contributed by atoms with van der Waals surface area (Å²) < 4.78 is 10.7. The second-order valence-electron chi connectivity index (χ2n) is 9.69. The summed E-state index contributed by atoms with van der Waals surface area (Å²) in [5, 5.41) is 11.2. The maximum atomic E-state index is 13.4. The predicted octanol–water partition coefficient (Wildman–Crippen LogP) is 3.70. The molecule has 3 rings (SSSR count). The number of aliphatic hydroxyl groups is 1. The molecular weight excluding hydrogens is 372 g/mol. The summed E-state index contributed by atoms with van der Waals surface area (Å²) in [7, 11) is 1.57. The van der Waals surface area contributed by atoms with Crippen LogP contribution in [0.1, 0.15) is 60.3 Å². The topological polar surface area (TPSA) is 89.9 Å². The van der Waals surface area contributed by atoms with E-state index in [0.29, 0.717) is 17.6 Å². The molecule has 1 saturated carbocycles. The molecule has 0 aromatic heterocycles. The van der Waals surface area contributed by atoms with Gasteiger partial charge >= 0.3 is 5.97 Å². The molecule has 160 valence electrons. The lowest BCUT2D eigenvalue weighted by Gasteiger charge is -2.56. The lowest BCUT2D eigenvalue weighted by molar-refractivity contribution is -0.142. The van der Waals surface area contributed by atoms with Crippen molar-refractivity contribution < 1.29 is 29.0 Å². The van der Waals surface area contributed by atoms with Gasteiger partial charge in [0.1, 0.15) is 5.76 Å². The number of Topliss-reactive ketones (excluding diaryl/α,β-unsaturated/α-hetero) is 2. The molecule has 0 aliphatic heterocycles. The van der Waals surface area contributed by atoms with Gasteiger partial charge in [-0.3, -0.25) is 14.4 Å². The first kappa shape index (κ1) is 21.8. The van der Waals surface area contributed by atoms with E-state index in [2.05, 4.69) is 20.8 Å². The molecule has 0 radical (unpaired) electrons. The van der Waals surface area contributed by atoms with Crippen molar-refractivity contribution in [2.75, 3.05) is 13.7 Å². The van der Waals surface area contributed by atoms with Gasteiger partial charge in [0, 0.05) is 36.5 Å². The van der Waals surface area contributed by atoms with Crippen molar-refractivity contribution in [3.8, 4) is 0 Å². The summed E-state index contributed by atoms with van der Waals surface area (Å²) in [5.74, 6) is -2.29. The Morgan fingerprint density at radius 1 is 1.21 bits per heavy atom. The van der Waals surface area contributed by atoms with Gasteiger partial charge in [-0.2, -0.15) is 0 Å². The molecule has 0 amide bonds. The number of hydrogen-bond acceptors (Lipinski definition) is 6. The van der Waals surface area contributed by atoms with E-state index in [4.69, 9.17) is 9.47 Å². The number of allylic oxidation sites excluding steroid dienone is 1. The Balaban J connectivity index is 2.17. The van der Waals surface area contributed by atoms with Crippen LogP contribution in [0.2, 0.25) is 0 Å². The summed E-state index contributed by atoms with van der Waals surface area (Å²) >= 11 is 0. The minimum atomic E-state index is -0.694. The Morgan fingerprint density at radius 3 is 2.45 bits per heavy atom. The third-order valence-electron chi connectivity index (χ3n) is 7.34. The lowest BCUT2D eigenvalue weighted by Crippen LogP contribution is -2.53. The van der Waals surface area contributed by atoms with Crippen LogP contribution in [0.3, 0.4) is 0 Å². The first-order chi connectivity index (χ1) is 13.5. The maximum Gasteiger partial charge on any atom is 0.302 e. The SMILES string of the molecule is CO[C@@H]1C[C@H]2C(C)(C)CCC[C@@]2(C)C2=C1C(O)=C([C@@H](C)COC(C)=O)C(=O)C2=O. The molecule has 0 bridgehead atoms. The molecule has 0 aromatic rings. The average Bonchev–Trinajstić information content (AvgIpc) is 2.63. The first-order valence-corrected chi connectivity index (χ1v) is 10.4. The number of fused-ring (bicyclic) bond motifs is 2. The molecule has 6 heteroatoms. The van der Waals surface area contributed by atoms with Crippen LogP contribution in [-0.4, -0.2) is 42.5 Å². The first-order valence-electron chi connectivity index (χ1n) is 10.4. The van der Waals surface area contributed by atoms with E-state index < -0.39 is 35.0 Å². The fourth-order valence-corrected chi connectivity index (χ4v) is 5.94. The largest absolute Gasteiger partial charge is 0.507 e. The number of carbonyl (C=O) groups is 3. The summed E-state index contributed by atoms with van der Waals surface area (Å²) in [6, 6.07) is 0. The van der Waals surface area contributed by atoms with E-state index in [1.54, 1.807) is 14.0 Å². The summed E-state index contributed by atoms with van der Waals surface area (Å²) in [5.41, 5.74) is 0.442. The number of ether oxygens (including phenoxy) is 2. The quantitative estimate of drug-likeness (QED) is 0.437. The molecule has 0 aromatic carbocycles. The molecule has 6 nitrogen and oxygen atoms in total. The van der Waals surface area contributed by atoms with Crippen molar-refractivity contribution in [2.45, 2.75) is 66.4 Å². The van der Waals surface area contributed by atoms with Crippen LogP contribution in [0.15, 0.2) is 22.5 Å². The van der Waals surface area contributed by atoms with E-state index in [0.717, 1.165) is 19.3 Å². The van der Waals surface area contributed by atoms with Gasteiger partial charge in [-0.15, -0.1) is 0 Å². The zero-order chi connectivity index (χ0) is 21.7. The van der Waals surface area contributed by atoms with E-state index in [-0.39, 0.29) is 29.3 Å². The second-order valence-corrected chi connectivity index (χ2v) is 9.69. The van der Waals surface area contributed by atoms with Gasteiger partial charge < -0.3 is 14.6 Å². The molecule has 3 aliphatic carbocycles. The number of aliphatic hydroxyl groups excluding tert-OH is 1. The van der Waals surface area contributed by atoms with Gasteiger partial charge in [0.05, 0.1) is 18.3 Å². The van der Waals surface area contributed by atoms with Crippen LogP contribution in [0.4, 0.5) is 0 Å². The monoisotopic (exact) mass is 404 g/mol. The highest BCUT2D eigenvalue weighted by Crippen LogP contribution is 2.61. The summed E-state index contributed by atoms with van der Waals surface area (Å²) in [4.78, 5) is 37.6. The summed E-state index contributed by atoms with van der Waals surface area (Å²) in [6.45, 7) is 9.37. The van der Waals surface area contributed by atoms with Crippen LogP contribution in [0.5, 0.6) is 0 Å². The average molecular weight is 405 g/mol. The van der Waals surface area contributed by atoms with Gasteiger partial charge in [-0.1, -0.05) is 34.1 Å². The number of esters is 1. The van der Waals surface area contributed by atoms with E-state index in [9.17, 15) is 19.5 Å². The smallest absolute Gasteiger partial charge is 0.302 e. The van der Waals surface area contributed by atoms with Crippen molar-refractivity contribution in [1.29, 1.82) is 0 Å². The van der Waals surface area contributed by atoms with Crippen molar-refractivity contribution in [2.24, 2.45) is 22.7 Å². The third-order valence-corrected chi connectivity index (χ3v) is 7.34. The van der Waals surface area contributed by atoms with Crippen LogP contribution < -0.4 is 0 Å². The normalized spacial score (nSPS) is 32.6. The van der Waals surface area contributed by atoms with Crippen molar-refractivity contribution in [3.05, 3.63) is 22.5 Å². The predicted molar refractivity (Wildman–Crippen MR) is 107 cm³/mol. The second kappa shape index (κ2) is 7.38. The van der Waals surface area contributed by atoms with Crippen molar-refractivity contribution in [3.63, 3.8) is 0 Å². The van der Waals surface area contributed by atoms with Gasteiger partial charge in [0.2, 0.25) is 11.6 Å². The molecular formula is C23H32O6. The highest BCUT2D eigenvalue weighted by Gasteiger charge is 2.58. The number of hydrogen-bond donors (Lipinski definition) is 1. The number of methoxy groups -OCH3 is 1. The fourth-order valence-electron chi connectivity index (χ4n) is 5.94. The summed E-state index contributed by atoms with van der Waals surface area (Å²) in [6.07, 6.45) is 3.07. The highest BCUT2D eigenvalue weighted by atomic mass is 16.5. The number of rotatable bonds is 4. The molecule has 29 heavy (non-hydrogen) atoms. The van der Waals surface area contributed by atoms with Crippen LogP contribution in [-0.2, 0) is 23.9 Å². The fraction of sp³-hybridized carbons (Fsp3) is 0.696. The Morgan fingerprint density at radius 2 is 1.86 bits per heavy atom. The molecule has 1 N–H and O–H groups in total. The Labute approximate surface area is 172 Å². The van der Waals surface area contributed by atoms with Gasteiger partial charge in [-0.25, -0.2) is 0 Å². The zero-order valence-corrected chi connectivity index (χ0v) is 18.3. The molecule has 0 unspecified atom stereocenters. The van der Waals surface area contributed by atoms with Crippen LogP contribution >= 0.6 is 0 Å². The minimum Gasteiger partial charge on any atom is -0.507 e. The van der Waals surface area contributed by atoms with Crippen molar-refractivity contribution in [1.82, 2.24) is 0 Å². The standard InChI is InChI=1S/C23H32O6/c1-12(11-29-13(2)24)16-19(25)17-14(28-6)10-15-22(3,4)8-7-9-23(15,5)18(17)21(27)20(16)26/h12,14-15,25H,7-11H2,1-6H3/t12-,14+,15-,23+/m0/s1. The molecule has 0 saturated heterocycles. The van der Waals surface area contributed by atoms with E-state index in [1.165, 1.54) is 6.92 Å². The highest BCUT2D eigenvalue weighted by molar-refractivity contribution is 6.50.